The molecule has 4 unspecified atom stereocenters. The van der Waals surface area contributed by atoms with Crippen molar-refractivity contribution in [2.24, 2.45) is 17.8 Å². The number of methoxy groups -OCH3 is 1. The fourth-order valence-corrected chi connectivity index (χ4v) is 3.67. The molecule has 2 aliphatic rings. The van der Waals surface area contributed by atoms with Gasteiger partial charge in [-0.05, 0) is 37.5 Å². The Hall–Kier alpha value is -1.77. The number of carbonyl (C=O) groups is 2. The van der Waals surface area contributed by atoms with Crippen molar-refractivity contribution in [3.8, 4) is 6.07 Å². The summed E-state index contributed by atoms with van der Waals surface area (Å²) in [5.74, 6) is 0.0685. The van der Waals surface area contributed by atoms with Gasteiger partial charge in [0.15, 0.2) is 0 Å². The topological polar surface area (TPSA) is 79.6 Å². The van der Waals surface area contributed by atoms with Crippen LogP contribution in [0.25, 0.3) is 0 Å². The first-order valence-electron chi connectivity index (χ1n) is 7.02. The predicted octanol–water partition coefficient (Wildman–Crippen LogP) is 1.56. The molecule has 0 bridgehead atoms. The number of hydrogen-bond acceptors (Lipinski definition) is 5. The molecule has 4 atom stereocenters. The van der Waals surface area contributed by atoms with Crippen molar-refractivity contribution in [2.45, 2.75) is 32.2 Å². The predicted molar refractivity (Wildman–Crippen MR) is 69.5 cm³/mol. The monoisotopic (exact) mass is 280 g/mol. The summed E-state index contributed by atoms with van der Waals surface area (Å²) in [6.07, 6.45) is 1.81. The second-order valence-electron chi connectivity index (χ2n) is 5.36. The van der Waals surface area contributed by atoms with Crippen LogP contribution in [-0.4, -0.2) is 43.3 Å². The Morgan fingerprint density at radius 1 is 1.40 bits per heavy atom. The van der Waals surface area contributed by atoms with Gasteiger partial charge in [0.1, 0.15) is 6.04 Å². The molecule has 2 rings (SSSR count). The summed E-state index contributed by atoms with van der Waals surface area (Å²) in [6.45, 7) is 2.54. The maximum absolute atomic E-state index is 12.2. The SMILES string of the molecule is CCOC(=O)C1C2C(CC#N)CCC2CN1C(=O)OC. The minimum absolute atomic E-state index is 0.0211. The van der Waals surface area contributed by atoms with Crippen LogP contribution in [0.5, 0.6) is 0 Å². The molecule has 1 aliphatic heterocycles. The van der Waals surface area contributed by atoms with E-state index in [1.54, 1.807) is 6.92 Å². The van der Waals surface area contributed by atoms with E-state index in [9.17, 15) is 9.59 Å². The van der Waals surface area contributed by atoms with Crippen LogP contribution in [0.4, 0.5) is 4.79 Å². The molecule has 0 N–H and O–H groups in total. The summed E-state index contributed by atoms with van der Waals surface area (Å²) in [5.41, 5.74) is 0. The second kappa shape index (κ2) is 6.12. The van der Waals surface area contributed by atoms with Gasteiger partial charge in [-0.25, -0.2) is 9.59 Å². The number of rotatable bonds is 3. The summed E-state index contributed by atoms with van der Waals surface area (Å²) in [4.78, 5) is 25.5. The van der Waals surface area contributed by atoms with Gasteiger partial charge in [-0.2, -0.15) is 5.26 Å². The lowest BCUT2D eigenvalue weighted by molar-refractivity contribution is -0.149. The summed E-state index contributed by atoms with van der Waals surface area (Å²) in [5, 5.41) is 8.92. The molecule has 0 aromatic carbocycles. The van der Waals surface area contributed by atoms with Crippen molar-refractivity contribution in [2.75, 3.05) is 20.3 Å². The van der Waals surface area contributed by atoms with E-state index in [0.29, 0.717) is 13.0 Å². The number of nitriles is 1. The van der Waals surface area contributed by atoms with Gasteiger partial charge in [-0.3, -0.25) is 4.90 Å². The zero-order valence-corrected chi connectivity index (χ0v) is 11.9. The third-order valence-electron chi connectivity index (χ3n) is 4.42. The fraction of sp³-hybridized carbons (Fsp3) is 0.786. The van der Waals surface area contributed by atoms with E-state index < -0.39 is 12.1 Å². The van der Waals surface area contributed by atoms with E-state index >= 15 is 0 Å². The van der Waals surface area contributed by atoms with Crippen LogP contribution in [-0.2, 0) is 14.3 Å². The van der Waals surface area contributed by atoms with Crippen LogP contribution in [0.2, 0.25) is 0 Å². The molecule has 2 fully saturated rings. The Morgan fingerprint density at radius 2 is 2.15 bits per heavy atom. The Balaban J connectivity index is 2.24. The third-order valence-corrected chi connectivity index (χ3v) is 4.42. The lowest BCUT2D eigenvalue weighted by Gasteiger charge is -2.27. The van der Waals surface area contributed by atoms with Crippen LogP contribution in [0.1, 0.15) is 26.2 Å². The second-order valence-corrected chi connectivity index (χ2v) is 5.36. The highest BCUT2D eigenvalue weighted by Crippen LogP contribution is 2.47. The van der Waals surface area contributed by atoms with Crippen molar-refractivity contribution in [1.29, 1.82) is 5.26 Å². The lowest BCUT2D eigenvalue weighted by Crippen LogP contribution is -2.45. The van der Waals surface area contributed by atoms with Crippen molar-refractivity contribution in [3.63, 3.8) is 0 Å². The van der Waals surface area contributed by atoms with Crippen LogP contribution < -0.4 is 0 Å². The third kappa shape index (κ3) is 2.45. The van der Waals surface area contributed by atoms with Gasteiger partial charge in [0.2, 0.25) is 0 Å². The first-order valence-corrected chi connectivity index (χ1v) is 7.02. The number of amides is 1. The van der Waals surface area contributed by atoms with E-state index in [2.05, 4.69) is 6.07 Å². The lowest BCUT2D eigenvalue weighted by atomic mass is 9.85. The molecule has 1 aliphatic carbocycles. The average Bonchev–Trinajstić information content (AvgIpc) is 2.98. The first kappa shape index (κ1) is 14.6. The molecule has 0 aromatic rings. The molecule has 110 valence electrons. The quantitative estimate of drug-likeness (QED) is 0.733. The molecule has 6 heteroatoms. The molecule has 1 amide bonds. The van der Waals surface area contributed by atoms with E-state index in [0.717, 1.165) is 12.8 Å². The van der Waals surface area contributed by atoms with E-state index in [1.807, 2.05) is 0 Å². The molecule has 1 saturated heterocycles. The van der Waals surface area contributed by atoms with E-state index in [-0.39, 0.29) is 30.3 Å². The Kier molecular flexibility index (Phi) is 4.48. The van der Waals surface area contributed by atoms with Gasteiger partial charge in [-0.1, -0.05) is 0 Å². The van der Waals surface area contributed by atoms with Crippen molar-refractivity contribution < 1.29 is 19.1 Å². The molecule has 0 spiro atoms. The molecule has 0 radical (unpaired) electrons. The van der Waals surface area contributed by atoms with Crippen molar-refractivity contribution >= 4 is 12.1 Å². The van der Waals surface area contributed by atoms with Gasteiger partial charge in [0.05, 0.1) is 19.8 Å². The average molecular weight is 280 g/mol. The molecule has 1 saturated carbocycles. The largest absolute Gasteiger partial charge is 0.464 e. The summed E-state index contributed by atoms with van der Waals surface area (Å²) < 4.78 is 9.88. The van der Waals surface area contributed by atoms with Crippen LogP contribution in [0.15, 0.2) is 0 Å². The number of likely N-dealkylation sites (tertiary alicyclic amines) is 1. The smallest absolute Gasteiger partial charge is 0.410 e. The van der Waals surface area contributed by atoms with Crippen LogP contribution >= 0.6 is 0 Å². The summed E-state index contributed by atoms with van der Waals surface area (Å²) >= 11 is 0. The zero-order chi connectivity index (χ0) is 14.7. The maximum Gasteiger partial charge on any atom is 0.410 e. The Bertz CT molecular complexity index is 431. The van der Waals surface area contributed by atoms with Gasteiger partial charge < -0.3 is 9.47 Å². The first-order chi connectivity index (χ1) is 9.63. The zero-order valence-electron chi connectivity index (χ0n) is 11.9. The highest BCUT2D eigenvalue weighted by molar-refractivity contribution is 5.82. The fourth-order valence-electron chi connectivity index (χ4n) is 3.67. The number of esters is 1. The molecular formula is C14H20N2O4. The number of fused-ring (bicyclic) bond motifs is 1. The highest BCUT2D eigenvalue weighted by Gasteiger charge is 2.54. The molecule has 0 aromatic heterocycles. The van der Waals surface area contributed by atoms with Crippen LogP contribution in [0, 0.1) is 29.1 Å². The van der Waals surface area contributed by atoms with Crippen LogP contribution in [0.3, 0.4) is 0 Å². The number of nitrogens with zero attached hydrogens (tertiary/aromatic N) is 2. The van der Waals surface area contributed by atoms with Gasteiger partial charge in [0.25, 0.3) is 0 Å². The number of carbonyl (C=O) groups excluding carboxylic acids is 2. The minimum Gasteiger partial charge on any atom is -0.464 e. The minimum atomic E-state index is -0.603. The molecule has 1 heterocycles. The molecule has 20 heavy (non-hydrogen) atoms. The van der Waals surface area contributed by atoms with E-state index in [4.69, 9.17) is 14.7 Å². The Labute approximate surface area is 118 Å². The molecular weight excluding hydrogens is 260 g/mol. The van der Waals surface area contributed by atoms with E-state index in [1.165, 1.54) is 12.0 Å². The van der Waals surface area contributed by atoms with Gasteiger partial charge in [0, 0.05) is 13.0 Å². The summed E-state index contributed by atoms with van der Waals surface area (Å²) in [7, 11) is 1.31. The standard InChI is InChI=1S/C14H20N2O4/c1-3-20-13(17)12-11-9(6-7-15)4-5-10(11)8-16(12)14(18)19-2/h9-12H,3-6,8H2,1-2H3. The maximum atomic E-state index is 12.2. The number of hydrogen-bond donors (Lipinski definition) is 0. The Morgan fingerprint density at radius 3 is 2.75 bits per heavy atom. The van der Waals surface area contributed by atoms with Crippen molar-refractivity contribution in [1.82, 2.24) is 4.90 Å². The number of ether oxygens (including phenoxy) is 2. The molecule has 6 nitrogen and oxygen atoms in total. The van der Waals surface area contributed by atoms with Crippen molar-refractivity contribution in [3.05, 3.63) is 0 Å². The normalized spacial score (nSPS) is 31.6. The highest BCUT2D eigenvalue weighted by atomic mass is 16.6. The van der Waals surface area contributed by atoms with Gasteiger partial charge >= 0.3 is 12.1 Å². The van der Waals surface area contributed by atoms with Gasteiger partial charge in [-0.15, -0.1) is 0 Å². The summed E-state index contributed by atoms with van der Waals surface area (Å²) in [6, 6.07) is 1.58.